The molecule has 1 fully saturated rings. The van der Waals surface area contributed by atoms with Gasteiger partial charge in [-0.15, -0.1) is 0 Å². The second-order valence-corrected chi connectivity index (χ2v) is 9.82. The number of benzene rings is 2. The van der Waals surface area contributed by atoms with E-state index in [4.69, 9.17) is 9.47 Å². The fraction of sp³-hybridized carbons (Fsp3) is 0.571. The molecule has 0 saturated carbocycles. The van der Waals surface area contributed by atoms with Crippen molar-refractivity contribution in [3.8, 4) is 11.1 Å². The van der Waals surface area contributed by atoms with Crippen molar-refractivity contribution in [1.29, 1.82) is 0 Å². The lowest BCUT2D eigenvalue weighted by Gasteiger charge is -2.36. The van der Waals surface area contributed by atoms with E-state index < -0.39 is 52.0 Å². The molecule has 1 aliphatic carbocycles. The highest BCUT2D eigenvalue weighted by Gasteiger charge is 2.65. The summed E-state index contributed by atoms with van der Waals surface area (Å²) in [6, 6.07) is 4.97. The van der Waals surface area contributed by atoms with Crippen molar-refractivity contribution in [3.63, 3.8) is 0 Å². The number of hydrogen-bond donors (Lipinski definition) is 0. The van der Waals surface area contributed by atoms with Gasteiger partial charge >= 0.3 is 11.8 Å². The fourth-order valence-corrected chi connectivity index (χ4v) is 5.14. The molecule has 2 aliphatic rings. The number of alkyl halides is 4. The number of halogens is 6. The summed E-state index contributed by atoms with van der Waals surface area (Å²) < 4.78 is 102. The van der Waals surface area contributed by atoms with E-state index in [0.717, 1.165) is 25.7 Å². The lowest BCUT2D eigenvalue weighted by Crippen LogP contribution is -2.41. The Balaban J connectivity index is 1.57. The summed E-state index contributed by atoms with van der Waals surface area (Å²) in [4.78, 5) is 0. The monoisotopic (exact) mass is 514 g/mol. The van der Waals surface area contributed by atoms with Crippen molar-refractivity contribution >= 4 is 0 Å². The average molecular weight is 515 g/mol. The van der Waals surface area contributed by atoms with Crippen molar-refractivity contribution in [1.82, 2.24) is 0 Å². The number of ether oxygens (including phenoxy) is 2. The molecule has 0 atom stereocenters. The molecular formula is C28H32F6O2. The van der Waals surface area contributed by atoms with Gasteiger partial charge in [-0.1, -0.05) is 63.8 Å². The van der Waals surface area contributed by atoms with Crippen LogP contribution >= 0.6 is 0 Å². The zero-order valence-electron chi connectivity index (χ0n) is 20.6. The van der Waals surface area contributed by atoms with E-state index in [-0.39, 0.29) is 36.3 Å². The smallest absolute Gasteiger partial charge is 0.343 e. The molecular weight excluding hydrogens is 482 g/mol. The molecule has 2 nitrogen and oxygen atoms in total. The van der Waals surface area contributed by atoms with Crippen molar-refractivity contribution < 1.29 is 35.8 Å². The molecule has 2 aromatic rings. The molecule has 0 bridgehead atoms. The summed E-state index contributed by atoms with van der Waals surface area (Å²) >= 11 is 0. The van der Waals surface area contributed by atoms with Crippen molar-refractivity contribution in [2.45, 2.75) is 83.3 Å². The van der Waals surface area contributed by atoms with Crippen molar-refractivity contribution in [3.05, 3.63) is 58.2 Å². The van der Waals surface area contributed by atoms with Gasteiger partial charge in [-0.2, -0.15) is 17.6 Å². The van der Waals surface area contributed by atoms with Gasteiger partial charge in [-0.25, -0.2) is 8.78 Å². The van der Waals surface area contributed by atoms with Crippen LogP contribution in [0.25, 0.3) is 11.1 Å². The summed E-state index contributed by atoms with van der Waals surface area (Å²) in [6.45, 7) is 4.87. The summed E-state index contributed by atoms with van der Waals surface area (Å²) in [6.07, 6.45) is 4.49. The van der Waals surface area contributed by atoms with E-state index >= 15 is 22.0 Å². The molecule has 198 valence electrons. The third-order valence-corrected chi connectivity index (χ3v) is 7.18. The van der Waals surface area contributed by atoms with E-state index in [1.165, 1.54) is 24.3 Å². The first-order chi connectivity index (χ1) is 17.1. The molecule has 1 aliphatic heterocycles. The highest BCUT2D eigenvalue weighted by molar-refractivity contribution is 5.77. The van der Waals surface area contributed by atoms with Gasteiger partial charge in [0.15, 0.2) is 6.29 Å². The molecule has 0 N–H and O–H groups in total. The predicted octanol–water partition coefficient (Wildman–Crippen LogP) is 8.28. The van der Waals surface area contributed by atoms with Crippen LogP contribution in [0.2, 0.25) is 0 Å². The standard InChI is InChI=1S/C28H32F6O2/c1-3-5-6-8-17-15-35-22(36-16-17)14-11-19-10-13-21-20-12-9-18(7-4-2)25(29)23(20)27(31,32)28(33,34)24(21)26(19)30/h9-10,12-13,17,22H,3-8,11,14-16H2,1-2H3. The average Bonchev–Trinajstić information content (AvgIpc) is 2.84. The summed E-state index contributed by atoms with van der Waals surface area (Å²) in [5.74, 6) is -12.3. The number of aryl methyl sites for hydroxylation is 2. The van der Waals surface area contributed by atoms with Gasteiger partial charge in [-0.3, -0.25) is 0 Å². The van der Waals surface area contributed by atoms with Crippen LogP contribution in [-0.4, -0.2) is 19.5 Å². The fourth-order valence-electron chi connectivity index (χ4n) is 5.14. The van der Waals surface area contributed by atoms with E-state index in [2.05, 4.69) is 6.92 Å². The Morgan fingerprint density at radius 1 is 0.722 bits per heavy atom. The Bertz CT molecular complexity index is 1080. The maximum absolute atomic E-state index is 15.4. The summed E-state index contributed by atoms with van der Waals surface area (Å²) in [7, 11) is 0. The van der Waals surface area contributed by atoms with Crippen LogP contribution in [-0.2, 0) is 34.2 Å². The highest BCUT2D eigenvalue weighted by atomic mass is 19.3. The quantitative estimate of drug-likeness (QED) is 0.248. The SMILES string of the molecule is CCCCCC1COC(CCc2ccc3c(c2F)C(F)(F)C(F)(F)c2c-3ccc(CCC)c2F)OC1. The van der Waals surface area contributed by atoms with E-state index in [1.807, 2.05) is 0 Å². The van der Waals surface area contributed by atoms with Crippen LogP contribution in [0.1, 0.15) is 74.6 Å². The zero-order chi connectivity index (χ0) is 26.1. The van der Waals surface area contributed by atoms with Crippen LogP contribution in [0.3, 0.4) is 0 Å². The zero-order valence-corrected chi connectivity index (χ0v) is 20.6. The van der Waals surface area contributed by atoms with Gasteiger partial charge in [0.2, 0.25) is 0 Å². The molecule has 2 aromatic carbocycles. The molecule has 0 unspecified atom stereocenters. The Morgan fingerprint density at radius 3 is 1.75 bits per heavy atom. The normalized spacial score (nSPS) is 22.2. The van der Waals surface area contributed by atoms with Crippen LogP contribution < -0.4 is 0 Å². The van der Waals surface area contributed by atoms with Gasteiger partial charge in [-0.05, 0) is 41.5 Å². The van der Waals surface area contributed by atoms with E-state index in [9.17, 15) is 4.39 Å². The van der Waals surface area contributed by atoms with Crippen LogP contribution in [0, 0.1) is 17.6 Å². The second kappa shape index (κ2) is 10.7. The van der Waals surface area contributed by atoms with Gasteiger partial charge < -0.3 is 9.47 Å². The third-order valence-electron chi connectivity index (χ3n) is 7.18. The maximum Gasteiger partial charge on any atom is 0.343 e. The van der Waals surface area contributed by atoms with Gasteiger partial charge in [0.25, 0.3) is 0 Å². The maximum atomic E-state index is 15.4. The van der Waals surface area contributed by atoms with Crippen LogP contribution in [0.5, 0.6) is 0 Å². The largest absolute Gasteiger partial charge is 0.352 e. The van der Waals surface area contributed by atoms with Gasteiger partial charge in [0.1, 0.15) is 11.6 Å². The Kier molecular flexibility index (Phi) is 8.05. The first-order valence-corrected chi connectivity index (χ1v) is 12.8. The molecule has 1 saturated heterocycles. The molecule has 0 aromatic heterocycles. The second-order valence-electron chi connectivity index (χ2n) is 9.82. The topological polar surface area (TPSA) is 18.5 Å². The van der Waals surface area contributed by atoms with E-state index in [1.54, 1.807) is 6.92 Å². The molecule has 0 amide bonds. The first kappa shape index (κ1) is 27.0. The summed E-state index contributed by atoms with van der Waals surface area (Å²) in [5, 5.41) is 0. The third kappa shape index (κ3) is 4.78. The van der Waals surface area contributed by atoms with E-state index in [0.29, 0.717) is 19.6 Å². The van der Waals surface area contributed by atoms with Crippen molar-refractivity contribution in [2.24, 2.45) is 5.92 Å². The lowest BCUT2D eigenvalue weighted by molar-refractivity contribution is -0.227. The minimum absolute atomic E-state index is 0.0252. The molecule has 1 heterocycles. The van der Waals surface area contributed by atoms with Gasteiger partial charge in [0.05, 0.1) is 24.3 Å². The molecule has 36 heavy (non-hydrogen) atoms. The minimum atomic E-state index is -4.91. The Hall–Kier alpha value is -2.06. The highest BCUT2D eigenvalue weighted by Crippen LogP contribution is 2.59. The number of unbranched alkanes of at least 4 members (excludes halogenated alkanes) is 2. The molecule has 4 rings (SSSR count). The molecule has 0 radical (unpaired) electrons. The van der Waals surface area contributed by atoms with Crippen LogP contribution in [0.15, 0.2) is 24.3 Å². The lowest BCUT2D eigenvalue weighted by atomic mass is 9.78. The van der Waals surface area contributed by atoms with Crippen LogP contribution in [0.4, 0.5) is 26.3 Å². The number of rotatable bonds is 9. The molecule has 8 heteroatoms. The molecule has 0 spiro atoms. The Labute approximate surface area is 208 Å². The Morgan fingerprint density at radius 2 is 1.25 bits per heavy atom. The first-order valence-electron chi connectivity index (χ1n) is 12.8. The van der Waals surface area contributed by atoms with Crippen molar-refractivity contribution in [2.75, 3.05) is 13.2 Å². The summed E-state index contributed by atoms with van der Waals surface area (Å²) in [5.41, 5.74) is -3.77. The van der Waals surface area contributed by atoms with Gasteiger partial charge in [0, 0.05) is 12.3 Å². The number of hydrogen-bond acceptors (Lipinski definition) is 2. The number of fused-ring (bicyclic) bond motifs is 3. The minimum Gasteiger partial charge on any atom is -0.352 e. The predicted molar refractivity (Wildman–Crippen MR) is 125 cm³/mol.